The van der Waals surface area contributed by atoms with Crippen LogP contribution < -0.4 is 10.5 Å². The van der Waals surface area contributed by atoms with Gasteiger partial charge in [0.1, 0.15) is 5.75 Å². The first-order valence-corrected chi connectivity index (χ1v) is 4.76. The molecule has 0 unspecified atom stereocenters. The molecule has 1 atom stereocenters. The van der Waals surface area contributed by atoms with Gasteiger partial charge < -0.3 is 20.3 Å². The molecule has 0 amide bonds. The van der Waals surface area contributed by atoms with Crippen molar-refractivity contribution in [2.24, 2.45) is 5.73 Å². The third-order valence-corrected chi connectivity index (χ3v) is 2.25. The average molecular weight is 225 g/mol. The second kappa shape index (κ2) is 5.48. The summed E-state index contributed by atoms with van der Waals surface area (Å²) in [6.45, 7) is -0.221. The molecule has 1 aromatic rings. The number of benzene rings is 1. The summed E-state index contributed by atoms with van der Waals surface area (Å²) in [5.74, 6) is 0.0863. The second-order valence-electron chi connectivity index (χ2n) is 3.24. The standard InChI is InChI=1S/C11H15NO4/c1-15-10-4-3-7(11(14)16-2)5-8(10)9(12)6-13/h3-5,9,13H,6,12H2,1-2H3/t9-/m0/s1. The Balaban J connectivity index is 3.15. The van der Waals surface area contributed by atoms with Crippen LogP contribution in [0.5, 0.6) is 5.75 Å². The Bertz CT molecular complexity index is 378. The molecule has 16 heavy (non-hydrogen) atoms. The van der Waals surface area contributed by atoms with Crippen LogP contribution in [0.15, 0.2) is 18.2 Å². The van der Waals surface area contributed by atoms with Gasteiger partial charge in [0.25, 0.3) is 0 Å². The van der Waals surface area contributed by atoms with Crippen molar-refractivity contribution in [3.8, 4) is 5.75 Å². The maximum absolute atomic E-state index is 11.3. The van der Waals surface area contributed by atoms with Gasteiger partial charge in [0.2, 0.25) is 0 Å². The molecule has 0 bridgehead atoms. The van der Waals surface area contributed by atoms with Crippen LogP contribution in [0, 0.1) is 0 Å². The smallest absolute Gasteiger partial charge is 0.337 e. The minimum atomic E-state index is -0.584. The van der Waals surface area contributed by atoms with Crippen LogP contribution in [0.4, 0.5) is 0 Å². The van der Waals surface area contributed by atoms with Crippen LogP contribution in [0.3, 0.4) is 0 Å². The monoisotopic (exact) mass is 225 g/mol. The van der Waals surface area contributed by atoms with Gasteiger partial charge in [-0.05, 0) is 18.2 Å². The van der Waals surface area contributed by atoms with Crippen molar-refractivity contribution in [2.45, 2.75) is 6.04 Å². The number of rotatable bonds is 4. The van der Waals surface area contributed by atoms with Crippen LogP contribution in [0.25, 0.3) is 0 Å². The number of hydrogen-bond acceptors (Lipinski definition) is 5. The fourth-order valence-electron chi connectivity index (χ4n) is 1.37. The molecule has 0 heterocycles. The summed E-state index contributed by atoms with van der Waals surface area (Å²) in [6, 6.07) is 4.18. The Morgan fingerprint density at radius 3 is 2.69 bits per heavy atom. The van der Waals surface area contributed by atoms with E-state index in [0.29, 0.717) is 16.9 Å². The van der Waals surface area contributed by atoms with Crippen molar-refractivity contribution in [2.75, 3.05) is 20.8 Å². The molecule has 0 saturated carbocycles. The molecule has 5 nitrogen and oxygen atoms in total. The molecule has 0 aromatic heterocycles. The highest BCUT2D eigenvalue weighted by atomic mass is 16.5. The molecule has 0 aliphatic heterocycles. The molecule has 0 spiro atoms. The van der Waals surface area contributed by atoms with Gasteiger partial charge in [-0.1, -0.05) is 0 Å². The number of methoxy groups -OCH3 is 2. The summed E-state index contributed by atoms with van der Waals surface area (Å²) in [4.78, 5) is 11.3. The predicted molar refractivity (Wildman–Crippen MR) is 58.3 cm³/mol. The Morgan fingerprint density at radius 2 is 2.19 bits per heavy atom. The van der Waals surface area contributed by atoms with E-state index in [0.717, 1.165) is 0 Å². The zero-order valence-electron chi connectivity index (χ0n) is 9.27. The van der Waals surface area contributed by atoms with Gasteiger partial charge in [-0.3, -0.25) is 0 Å². The molecule has 1 rings (SSSR count). The Hall–Kier alpha value is -1.59. The molecule has 5 heteroatoms. The number of ether oxygens (including phenoxy) is 2. The first-order valence-electron chi connectivity index (χ1n) is 4.76. The molecule has 0 saturated heterocycles. The van der Waals surface area contributed by atoms with Crippen LogP contribution in [-0.2, 0) is 4.74 Å². The highest BCUT2D eigenvalue weighted by Crippen LogP contribution is 2.25. The lowest BCUT2D eigenvalue weighted by molar-refractivity contribution is 0.0600. The molecule has 3 N–H and O–H groups in total. The van der Waals surface area contributed by atoms with Crippen LogP contribution in [-0.4, -0.2) is 31.9 Å². The zero-order chi connectivity index (χ0) is 12.1. The number of hydrogen-bond donors (Lipinski definition) is 2. The van der Waals surface area contributed by atoms with Gasteiger partial charge in [0, 0.05) is 5.56 Å². The number of esters is 1. The molecule has 0 aliphatic rings. The van der Waals surface area contributed by atoms with E-state index in [2.05, 4.69) is 4.74 Å². The quantitative estimate of drug-likeness (QED) is 0.728. The van der Waals surface area contributed by atoms with Gasteiger partial charge in [-0.2, -0.15) is 0 Å². The molecule has 0 aliphatic carbocycles. The van der Waals surface area contributed by atoms with E-state index in [4.69, 9.17) is 15.6 Å². The molecule has 88 valence electrons. The first-order chi connectivity index (χ1) is 7.63. The molecular weight excluding hydrogens is 210 g/mol. The minimum absolute atomic E-state index is 0.221. The average Bonchev–Trinajstić information content (AvgIpc) is 2.35. The third kappa shape index (κ3) is 2.50. The highest BCUT2D eigenvalue weighted by Gasteiger charge is 2.14. The van der Waals surface area contributed by atoms with Crippen LogP contribution in [0.2, 0.25) is 0 Å². The Labute approximate surface area is 93.8 Å². The lowest BCUT2D eigenvalue weighted by Gasteiger charge is -2.14. The maximum atomic E-state index is 11.3. The summed E-state index contributed by atoms with van der Waals surface area (Å²) in [5, 5.41) is 9.00. The van der Waals surface area contributed by atoms with E-state index < -0.39 is 12.0 Å². The summed E-state index contributed by atoms with van der Waals surface area (Å²) in [7, 11) is 2.80. The third-order valence-electron chi connectivity index (χ3n) is 2.25. The number of carbonyl (C=O) groups is 1. The SMILES string of the molecule is COC(=O)c1ccc(OC)c([C@@H](N)CO)c1. The first kappa shape index (κ1) is 12.5. The van der Waals surface area contributed by atoms with Gasteiger partial charge in [-0.25, -0.2) is 4.79 Å². The van der Waals surface area contributed by atoms with E-state index in [1.54, 1.807) is 18.2 Å². The Morgan fingerprint density at radius 1 is 1.50 bits per heavy atom. The van der Waals surface area contributed by atoms with Crippen LogP contribution in [0.1, 0.15) is 22.0 Å². The van der Waals surface area contributed by atoms with E-state index in [1.807, 2.05) is 0 Å². The maximum Gasteiger partial charge on any atom is 0.337 e. The van der Waals surface area contributed by atoms with Gasteiger partial charge in [0.15, 0.2) is 0 Å². The van der Waals surface area contributed by atoms with Crippen molar-refractivity contribution in [3.05, 3.63) is 29.3 Å². The predicted octanol–water partition coefficient (Wildman–Crippen LogP) is 0.474. The summed E-state index contributed by atoms with van der Waals surface area (Å²) >= 11 is 0. The summed E-state index contributed by atoms with van der Waals surface area (Å²) < 4.78 is 9.69. The second-order valence-corrected chi connectivity index (χ2v) is 3.24. The zero-order valence-corrected chi connectivity index (χ0v) is 9.27. The van der Waals surface area contributed by atoms with Crippen LogP contribution >= 0.6 is 0 Å². The van der Waals surface area contributed by atoms with Gasteiger partial charge >= 0.3 is 5.97 Å². The lowest BCUT2D eigenvalue weighted by Crippen LogP contribution is -2.16. The van der Waals surface area contributed by atoms with E-state index >= 15 is 0 Å². The topological polar surface area (TPSA) is 81.8 Å². The van der Waals surface area contributed by atoms with E-state index in [-0.39, 0.29) is 6.61 Å². The number of aliphatic hydroxyl groups excluding tert-OH is 1. The Kier molecular flexibility index (Phi) is 4.28. The largest absolute Gasteiger partial charge is 0.496 e. The fraction of sp³-hybridized carbons (Fsp3) is 0.364. The lowest BCUT2D eigenvalue weighted by atomic mass is 10.0. The van der Waals surface area contributed by atoms with Gasteiger partial charge in [0.05, 0.1) is 32.4 Å². The summed E-state index contributed by atoms with van der Waals surface area (Å²) in [5.41, 5.74) is 6.65. The number of carbonyl (C=O) groups excluding carboxylic acids is 1. The molecule has 0 fully saturated rings. The highest BCUT2D eigenvalue weighted by molar-refractivity contribution is 5.89. The molecular formula is C11H15NO4. The van der Waals surface area contributed by atoms with Crippen molar-refractivity contribution in [1.82, 2.24) is 0 Å². The van der Waals surface area contributed by atoms with E-state index in [1.165, 1.54) is 14.2 Å². The normalized spacial score (nSPS) is 12.0. The molecule has 1 aromatic carbocycles. The van der Waals surface area contributed by atoms with Crippen molar-refractivity contribution >= 4 is 5.97 Å². The van der Waals surface area contributed by atoms with Crippen molar-refractivity contribution in [3.63, 3.8) is 0 Å². The van der Waals surface area contributed by atoms with Crippen molar-refractivity contribution in [1.29, 1.82) is 0 Å². The number of nitrogens with two attached hydrogens (primary N) is 1. The minimum Gasteiger partial charge on any atom is -0.496 e. The fourth-order valence-corrected chi connectivity index (χ4v) is 1.37. The summed E-state index contributed by atoms with van der Waals surface area (Å²) in [6.07, 6.45) is 0. The van der Waals surface area contributed by atoms with E-state index in [9.17, 15) is 4.79 Å². The van der Waals surface area contributed by atoms with Crippen molar-refractivity contribution < 1.29 is 19.4 Å². The van der Waals surface area contributed by atoms with Gasteiger partial charge in [-0.15, -0.1) is 0 Å². The number of aliphatic hydroxyl groups is 1. The molecule has 0 radical (unpaired) electrons.